The molecule has 2 heterocycles. The van der Waals surface area contributed by atoms with Crippen LogP contribution < -0.4 is 0 Å². The molecule has 5 fully saturated rings. The van der Waals surface area contributed by atoms with Gasteiger partial charge in [-0.3, -0.25) is 9.59 Å². The summed E-state index contributed by atoms with van der Waals surface area (Å²) in [7, 11) is 0. The Morgan fingerprint density at radius 1 is 1.15 bits per heavy atom. The highest BCUT2D eigenvalue weighted by molar-refractivity contribution is 6.01. The molecule has 7 nitrogen and oxygen atoms in total. The van der Waals surface area contributed by atoms with Crippen molar-refractivity contribution in [3.63, 3.8) is 0 Å². The quantitative estimate of drug-likeness (QED) is 0.458. The number of hydrogen-bond acceptors (Lipinski definition) is 7. The Morgan fingerprint density at radius 3 is 2.55 bits per heavy atom. The summed E-state index contributed by atoms with van der Waals surface area (Å²) in [6, 6.07) is 0. The normalized spacial score (nSPS) is 51.4. The van der Waals surface area contributed by atoms with Gasteiger partial charge in [0.05, 0.1) is 17.8 Å². The van der Waals surface area contributed by atoms with E-state index in [4.69, 9.17) is 18.9 Å². The van der Waals surface area contributed by atoms with Crippen LogP contribution in [-0.4, -0.2) is 52.3 Å². The van der Waals surface area contributed by atoms with Gasteiger partial charge in [0.1, 0.15) is 11.7 Å². The summed E-state index contributed by atoms with van der Waals surface area (Å²) < 4.78 is 25.8. The number of ether oxygens (including phenoxy) is 4. The molecule has 2 aliphatic heterocycles. The van der Waals surface area contributed by atoms with Gasteiger partial charge in [-0.15, -0.1) is 0 Å². The van der Waals surface area contributed by atoms with E-state index in [1.807, 2.05) is 6.92 Å². The fraction of sp³-hybridized carbons (Fsp3) is 0.818. The maximum Gasteiger partial charge on any atom is 0.302 e. The van der Waals surface area contributed by atoms with E-state index in [0.717, 1.165) is 24.8 Å². The van der Waals surface area contributed by atoms with Crippen molar-refractivity contribution < 1.29 is 33.6 Å². The van der Waals surface area contributed by atoms with Gasteiger partial charge in [-0.1, -0.05) is 39.3 Å². The van der Waals surface area contributed by atoms with E-state index in [1.54, 1.807) is 12.2 Å². The number of aliphatic hydroxyl groups is 1. The van der Waals surface area contributed by atoms with Crippen LogP contribution in [0.4, 0.5) is 0 Å². The molecule has 7 heteroatoms. The summed E-state index contributed by atoms with van der Waals surface area (Å²) in [4.78, 5) is 24.8. The van der Waals surface area contributed by atoms with Crippen molar-refractivity contribution in [3.05, 3.63) is 23.8 Å². The van der Waals surface area contributed by atoms with Gasteiger partial charge in [0.2, 0.25) is 0 Å². The molecule has 6 rings (SSSR count). The molecule has 0 aromatic rings. The van der Waals surface area contributed by atoms with Gasteiger partial charge < -0.3 is 24.1 Å². The number of esters is 1. The first-order valence-electron chi connectivity index (χ1n) is 15.5. The van der Waals surface area contributed by atoms with Crippen LogP contribution in [0.1, 0.15) is 93.9 Å². The lowest BCUT2D eigenvalue weighted by molar-refractivity contribution is -0.396. The zero-order valence-corrected chi connectivity index (χ0v) is 25.5. The predicted octanol–water partition coefficient (Wildman–Crippen LogP) is 5.50. The van der Waals surface area contributed by atoms with Crippen LogP contribution in [0.2, 0.25) is 0 Å². The van der Waals surface area contributed by atoms with Crippen LogP contribution >= 0.6 is 0 Å². The molecular weight excluding hydrogens is 508 g/mol. The van der Waals surface area contributed by atoms with E-state index in [0.29, 0.717) is 19.3 Å². The minimum Gasteiger partial charge on any atom is -0.462 e. The second-order valence-corrected chi connectivity index (χ2v) is 14.8. The molecule has 0 aromatic heterocycles. The minimum atomic E-state index is -1.04. The minimum absolute atomic E-state index is 0.0128. The summed E-state index contributed by atoms with van der Waals surface area (Å²) in [5.74, 6) is -0.535. The highest BCUT2D eigenvalue weighted by Gasteiger charge is 2.69. The smallest absolute Gasteiger partial charge is 0.302 e. The van der Waals surface area contributed by atoms with Gasteiger partial charge in [0.15, 0.2) is 5.78 Å². The van der Waals surface area contributed by atoms with Gasteiger partial charge in [-0.2, -0.15) is 0 Å². The first kappa shape index (κ1) is 28.6. The summed E-state index contributed by atoms with van der Waals surface area (Å²) >= 11 is 0. The molecule has 0 spiro atoms. The fourth-order valence-electron chi connectivity index (χ4n) is 10.1. The zero-order chi connectivity index (χ0) is 29.0. The molecule has 40 heavy (non-hydrogen) atoms. The molecule has 0 radical (unpaired) electrons. The van der Waals surface area contributed by atoms with Crippen LogP contribution in [0.5, 0.6) is 0 Å². The Labute approximate surface area is 239 Å². The maximum absolute atomic E-state index is 12.5. The lowest BCUT2D eigenvalue weighted by Crippen LogP contribution is -2.61. The summed E-state index contributed by atoms with van der Waals surface area (Å²) in [6.45, 7) is 16.7. The Hall–Kier alpha value is -1.54. The molecular formula is C33H48O7. The number of rotatable bonds is 4. The second-order valence-electron chi connectivity index (χ2n) is 14.8. The van der Waals surface area contributed by atoms with E-state index < -0.39 is 23.3 Å². The highest BCUT2D eigenvalue weighted by atomic mass is 16.9. The monoisotopic (exact) mass is 556 g/mol. The van der Waals surface area contributed by atoms with Crippen LogP contribution in [0.15, 0.2) is 23.8 Å². The Bertz CT molecular complexity index is 1150. The van der Waals surface area contributed by atoms with Crippen molar-refractivity contribution in [2.75, 3.05) is 0 Å². The molecule has 2 bridgehead atoms. The van der Waals surface area contributed by atoms with Crippen molar-refractivity contribution in [2.24, 2.45) is 40.4 Å². The largest absolute Gasteiger partial charge is 0.462 e. The van der Waals surface area contributed by atoms with Crippen molar-refractivity contribution in [1.29, 1.82) is 0 Å². The number of fused-ring (bicyclic) bond motifs is 7. The molecule has 0 aromatic carbocycles. The number of carbonyl (C=O) groups excluding carboxylic acids is 2. The Kier molecular flexibility index (Phi) is 6.42. The molecule has 4 aliphatic carbocycles. The van der Waals surface area contributed by atoms with Gasteiger partial charge in [-0.05, 0) is 88.2 Å². The number of allylic oxidation sites excluding steroid dienone is 3. The third kappa shape index (κ3) is 3.83. The van der Waals surface area contributed by atoms with E-state index in [1.165, 1.54) is 6.92 Å². The third-order valence-electron chi connectivity index (χ3n) is 12.7. The molecule has 222 valence electrons. The molecule has 2 saturated heterocycles. The van der Waals surface area contributed by atoms with E-state index in [9.17, 15) is 14.7 Å². The van der Waals surface area contributed by atoms with Crippen molar-refractivity contribution >= 4 is 11.8 Å². The van der Waals surface area contributed by atoms with Crippen molar-refractivity contribution in [2.45, 2.75) is 129 Å². The fourth-order valence-corrected chi connectivity index (χ4v) is 10.1. The van der Waals surface area contributed by atoms with Gasteiger partial charge in [0.25, 0.3) is 5.97 Å². The average molecular weight is 557 g/mol. The van der Waals surface area contributed by atoms with Crippen LogP contribution in [0, 0.1) is 40.4 Å². The Balaban J connectivity index is 1.36. The lowest BCUT2D eigenvalue weighted by Gasteiger charge is -2.61. The molecule has 1 unspecified atom stereocenters. The maximum atomic E-state index is 12.5. The zero-order valence-electron chi connectivity index (χ0n) is 25.5. The van der Waals surface area contributed by atoms with E-state index in [-0.39, 0.29) is 64.4 Å². The van der Waals surface area contributed by atoms with Crippen molar-refractivity contribution in [1.82, 2.24) is 0 Å². The Morgan fingerprint density at radius 2 is 1.88 bits per heavy atom. The standard InChI is InChI=1S/C33H48O7/c1-9-33-38-26(17-31(7,40-33)29(4,5)39-33)18(2)22-10-11-23-28-24(16-27(32(22,23)8)37-19(3)34)30(6)13-12-21(35)14-20(30)15-25(28)36/h12-14,18,22-28,36H,9-11,15-17H2,1-8H3/t18-,22+,23-,24-,25+,26+,27-,28-,30-,31+,32+,33?/m0/s1. The molecule has 0 amide bonds. The van der Waals surface area contributed by atoms with Crippen LogP contribution in [0.25, 0.3) is 0 Å². The second kappa shape index (κ2) is 8.98. The van der Waals surface area contributed by atoms with E-state index in [2.05, 4.69) is 47.6 Å². The van der Waals surface area contributed by atoms with Crippen molar-refractivity contribution in [3.8, 4) is 0 Å². The average Bonchev–Trinajstić information content (AvgIpc) is 3.28. The topological polar surface area (TPSA) is 91.3 Å². The van der Waals surface area contributed by atoms with Gasteiger partial charge in [-0.25, -0.2) is 0 Å². The van der Waals surface area contributed by atoms with Crippen LogP contribution in [0.3, 0.4) is 0 Å². The first-order chi connectivity index (χ1) is 18.6. The number of carbonyl (C=O) groups is 2. The molecule has 6 aliphatic rings. The molecule has 3 saturated carbocycles. The number of hydrogen-bond donors (Lipinski definition) is 1. The summed E-state index contributed by atoms with van der Waals surface area (Å²) in [6.07, 6.45) is 9.08. The van der Waals surface area contributed by atoms with Gasteiger partial charge in [0, 0.05) is 30.6 Å². The first-order valence-corrected chi connectivity index (χ1v) is 15.5. The summed E-state index contributed by atoms with van der Waals surface area (Å²) in [5, 5.41) is 11.6. The molecule has 1 N–H and O–H groups in total. The number of aliphatic hydroxyl groups excluding tert-OH is 1. The van der Waals surface area contributed by atoms with Crippen LogP contribution in [-0.2, 0) is 28.5 Å². The highest BCUT2D eigenvalue weighted by Crippen LogP contribution is 2.68. The predicted molar refractivity (Wildman–Crippen MR) is 149 cm³/mol. The summed E-state index contributed by atoms with van der Waals surface area (Å²) in [5.41, 5.74) is -0.562. The number of ketones is 1. The third-order valence-corrected chi connectivity index (χ3v) is 12.7. The molecule has 12 atom stereocenters. The van der Waals surface area contributed by atoms with Gasteiger partial charge >= 0.3 is 5.97 Å². The lowest BCUT2D eigenvalue weighted by atomic mass is 9.45. The SMILES string of the molecule is CCC12O[C@@H]([C@@H](C)[C@H]3CC[C@H]4[C@@H]5[C@H](O)CC6=CC(=O)C=C[C@]6(C)[C@H]5C[C@H](OC(C)=O)[C@]34C)C[C@@](C)(O1)C(C)(C)O2. The van der Waals surface area contributed by atoms with E-state index >= 15 is 0 Å².